The number of aryl methyl sites for hydroxylation is 2. The third kappa shape index (κ3) is 4.71. The normalized spacial score (nSPS) is 14.1. The van der Waals surface area contributed by atoms with Gasteiger partial charge in [-0.3, -0.25) is 4.79 Å². The molecule has 2 aromatic rings. The Kier molecular flexibility index (Phi) is 6.21. The quantitative estimate of drug-likeness (QED) is 0.845. The maximum atomic E-state index is 13.0. The molecule has 0 bridgehead atoms. The molecule has 0 aliphatic rings. The molecule has 2 aromatic carbocycles. The van der Waals surface area contributed by atoms with Crippen molar-refractivity contribution >= 4 is 15.9 Å². The molecule has 26 heavy (non-hydrogen) atoms. The van der Waals surface area contributed by atoms with Gasteiger partial charge in [0.05, 0.1) is 12.3 Å². The molecule has 6 heteroatoms. The first-order valence-electron chi connectivity index (χ1n) is 8.46. The molecule has 1 amide bonds. The summed E-state index contributed by atoms with van der Waals surface area (Å²) in [5.41, 5.74) is 3.84. The summed E-state index contributed by atoms with van der Waals surface area (Å²) in [7, 11) is -2.11. The van der Waals surface area contributed by atoms with Crippen molar-refractivity contribution in [1.82, 2.24) is 9.62 Å². The molecule has 2 atom stereocenters. The Morgan fingerprint density at radius 3 is 2.27 bits per heavy atom. The Bertz CT molecular complexity index is 879. The summed E-state index contributed by atoms with van der Waals surface area (Å²) in [4.78, 5) is 13.0. The third-order valence-corrected chi connectivity index (χ3v) is 5.77. The lowest BCUT2D eigenvalue weighted by Gasteiger charge is -2.27. The van der Waals surface area contributed by atoms with Gasteiger partial charge in [-0.15, -0.1) is 0 Å². The van der Waals surface area contributed by atoms with Gasteiger partial charge in [-0.25, -0.2) is 8.42 Å². The second-order valence-electron chi connectivity index (χ2n) is 6.68. The number of nitrogens with zero attached hydrogens (tertiary/aromatic N) is 1. The Morgan fingerprint density at radius 2 is 1.69 bits per heavy atom. The van der Waals surface area contributed by atoms with Gasteiger partial charge in [0.15, 0.2) is 0 Å². The van der Waals surface area contributed by atoms with Crippen LogP contribution in [0, 0.1) is 13.8 Å². The molecule has 0 saturated heterocycles. The van der Waals surface area contributed by atoms with Gasteiger partial charge in [-0.05, 0) is 37.5 Å². The number of likely N-dealkylation sites (N-methyl/N-ethyl adjacent to an activating group) is 1. The lowest BCUT2D eigenvalue weighted by atomic mass is 9.99. The molecule has 0 unspecified atom stereocenters. The predicted molar refractivity (Wildman–Crippen MR) is 104 cm³/mol. The molecule has 140 valence electrons. The summed E-state index contributed by atoms with van der Waals surface area (Å²) in [6.45, 7) is 5.90. The Balaban J connectivity index is 2.33. The average Bonchev–Trinajstić information content (AvgIpc) is 2.57. The fourth-order valence-corrected chi connectivity index (χ4v) is 3.55. The molecule has 1 N–H and O–H groups in total. The SMILES string of the molecule is Cc1ccc(C)c([C@@H](C)NC(=O)[C@H](c2ccccc2)N(C)S(C)(=O)=O)c1. The van der Waals surface area contributed by atoms with E-state index in [4.69, 9.17) is 0 Å². The van der Waals surface area contributed by atoms with E-state index < -0.39 is 16.1 Å². The van der Waals surface area contributed by atoms with Gasteiger partial charge in [0.25, 0.3) is 0 Å². The van der Waals surface area contributed by atoms with Crippen LogP contribution in [0.5, 0.6) is 0 Å². The second kappa shape index (κ2) is 8.01. The van der Waals surface area contributed by atoms with Crippen molar-refractivity contribution in [2.45, 2.75) is 32.9 Å². The Labute approximate surface area is 156 Å². The minimum absolute atomic E-state index is 0.235. The average molecular weight is 375 g/mol. The molecule has 2 rings (SSSR count). The molecule has 0 fully saturated rings. The van der Waals surface area contributed by atoms with Crippen LogP contribution in [0.3, 0.4) is 0 Å². The fourth-order valence-electron chi connectivity index (χ4n) is 2.95. The van der Waals surface area contributed by atoms with Gasteiger partial charge < -0.3 is 5.32 Å². The molecule has 0 aliphatic carbocycles. The zero-order valence-electron chi connectivity index (χ0n) is 15.9. The smallest absolute Gasteiger partial charge is 0.243 e. The molecule has 0 spiro atoms. The molecular formula is C20H26N2O3S. The summed E-state index contributed by atoms with van der Waals surface area (Å²) in [5.74, 6) is -0.350. The van der Waals surface area contributed by atoms with Crippen molar-refractivity contribution in [2.75, 3.05) is 13.3 Å². The molecule has 0 heterocycles. The summed E-state index contributed by atoms with van der Waals surface area (Å²) in [6, 6.07) is 13.9. The summed E-state index contributed by atoms with van der Waals surface area (Å²) < 4.78 is 25.2. The number of amides is 1. The van der Waals surface area contributed by atoms with Gasteiger partial charge in [0.2, 0.25) is 15.9 Å². The summed E-state index contributed by atoms with van der Waals surface area (Å²) in [6.07, 6.45) is 1.10. The van der Waals surface area contributed by atoms with Gasteiger partial charge in [0.1, 0.15) is 6.04 Å². The Morgan fingerprint density at radius 1 is 1.08 bits per heavy atom. The maximum Gasteiger partial charge on any atom is 0.243 e. The number of carbonyl (C=O) groups is 1. The molecule has 5 nitrogen and oxygen atoms in total. The van der Waals surface area contributed by atoms with Gasteiger partial charge in [-0.1, -0.05) is 54.1 Å². The van der Waals surface area contributed by atoms with E-state index in [0.717, 1.165) is 27.3 Å². The van der Waals surface area contributed by atoms with Crippen molar-refractivity contribution < 1.29 is 13.2 Å². The highest BCUT2D eigenvalue weighted by Crippen LogP contribution is 2.25. The fraction of sp³-hybridized carbons (Fsp3) is 0.350. The summed E-state index contributed by atoms with van der Waals surface area (Å²) in [5, 5.41) is 2.97. The van der Waals surface area contributed by atoms with E-state index in [1.54, 1.807) is 24.3 Å². The maximum absolute atomic E-state index is 13.0. The van der Waals surface area contributed by atoms with Gasteiger partial charge >= 0.3 is 0 Å². The molecule has 0 saturated carbocycles. The lowest BCUT2D eigenvalue weighted by Crippen LogP contribution is -2.42. The first-order chi connectivity index (χ1) is 12.1. The van der Waals surface area contributed by atoms with Crippen molar-refractivity contribution in [2.24, 2.45) is 0 Å². The third-order valence-electron chi connectivity index (χ3n) is 4.51. The van der Waals surface area contributed by atoms with Crippen LogP contribution in [0.25, 0.3) is 0 Å². The monoisotopic (exact) mass is 374 g/mol. The predicted octanol–water partition coefficient (Wildman–Crippen LogP) is 3.11. The summed E-state index contributed by atoms with van der Waals surface area (Å²) >= 11 is 0. The van der Waals surface area contributed by atoms with Crippen molar-refractivity contribution in [3.8, 4) is 0 Å². The number of rotatable bonds is 6. The van der Waals surface area contributed by atoms with E-state index in [2.05, 4.69) is 5.32 Å². The van der Waals surface area contributed by atoms with Crippen LogP contribution in [0.15, 0.2) is 48.5 Å². The van der Waals surface area contributed by atoms with Crippen LogP contribution < -0.4 is 5.32 Å². The molecule has 0 aliphatic heterocycles. The highest BCUT2D eigenvalue weighted by molar-refractivity contribution is 7.88. The van der Waals surface area contributed by atoms with Crippen LogP contribution >= 0.6 is 0 Å². The zero-order chi connectivity index (χ0) is 19.5. The van der Waals surface area contributed by atoms with Crippen LogP contribution in [-0.2, 0) is 14.8 Å². The van der Waals surface area contributed by atoms with E-state index in [1.165, 1.54) is 7.05 Å². The highest BCUT2D eigenvalue weighted by atomic mass is 32.2. The number of hydrogen-bond donors (Lipinski definition) is 1. The first-order valence-corrected chi connectivity index (χ1v) is 10.3. The lowest BCUT2D eigenvalue weighted by molar-refractivity contribution is -0.125. The highest BCUT2D eigenvalue weighted by Gasteiger charge is 2.31. The van der Waals surface area contributed by atoms with Gasteiger partial charge in [0, 0.05) is 7.05 Å². The number of hydrogen-bond acceptors (Lipinski definition) is 3. The molecule has 0 aromatic heterocycles. The van der Waals surface area contributed by atoms with Crippen LogP contribution in [-0.4, -0.2) is 31.9 Å². The molecule has 0 radical (unpaired) electrons. The number of benzene rings is 2. The van der Waals surface area contributed by atoms with Crippen molar-refractivity contribution in [3.63, 3.8) is 0 Å². The number of carbonyl (C=O) groups excluding carboxylic acids is 1. The van der Waals surface area contributed by atoms with E-state index in [9.17, 15) is 13.2 Å². The van der Waals surface area contributed by atoms with Crippen LogP contribution in [0.1, 0.15) is 41.3 Å². The number of sulfonamides is 1. The van der Waals surface area contributed by atoms with E-state index in [0.29, 0.717) is 5.56 Å². The van der Waals surface area contributed by atoms with Crippen molar-refractivity contribution in [3.05, 3.63) is 70.8 Å². The van der Waals surface area contributed by atoms with Gasteiger partial charge in [-0.2, -0.15) is 4.31 Å². The Hall–Kier alpha value is -2.18. The van der Waals surface area contributed by atoms with Crippen LogP contribution in [0.2, 0.25) is 0 Å². The standard InChI is InChI=1S/C20H26N2O3S/c1-14-11-12-15(2)18(13-14)16(3)21-20(23)19(22(4)26(5,24)25)17-9-7-6-8-10-17/h6-13,16,19H,1-5H3,(H,21,23)/t16-,19+/m1/s1. The minimum atomic E-state index is -3.54. The number of nitrogens with one attached hydrogen (secondary N) is 1. The van der Waals surface area contributed by atoms with E-state index in [1.807, 2.05) is 45.0 Å². The van der Waals surface area contributed by atoms with Crippen LogP contribution in [0.4, 0.5) is 0 Å². The minimum Gasteiger partial charge on any atom is -0.348 e. The first kappa shape index (κ1) is 20.1. The molecular weight excluding hydrogens is 348 g/mol. The van der Waals surface area contributed by atoms with E-state index in [-0.39, 0.29) is 11.9 Å². The zero-order valence-corrected chi connectivity index (χ0v) is 16.7. The van der Waals surface area contributed by atoms with Crippen molar-refractivity contribution in [1.29, 1.82) is 0 Å². The topological polar surface area (TPSA) is 66.5 Å². The largest absolute Gasteiger partial charge is 0.348 e. The second-order valence-corrected chi connectivity index (χ2v) is 8.72. The van der Waals surface area contributed by atoms with E-state index >= 15 is 0 Å².